The Labute approximate surface area is 172 Å². The molecule has 152 valence electrons. The summed E-state index contributed by atoms with van der Waals surface area (Å²) in [4.78, 5) is 12.0. The zero-order valence-corrected chi connectivity index (χ0v) is 16.6. The molecule has 0 saturated carbocycles. The standard InChI is InChI=1S/C24H20O6/c1-13-22(25)14(2)24(26)30-23(13)21-11-15-7-8-16(12-20(15)29-21)28-19-9-10-27-18-6-4-3-5-17(18)19/h3-8,11-12,19,25H,9-10H2,1-2H3. The molecule has 5 rings (SSSR count). The van der Waals surface area contributed by atoms with Crippen molar-refractivity contribution in [2.24, 2.45) is 0 Å². The third-order valence-electron chi connectivity index (χ3n) is 5.45. The van der Waals surface area contributed by atoms with Crippen molar-refractivity contribution in [3.8, 4) is 28.8 Å². The van der Waals surface area contributed by atoms with Crippen LogP contribution in [-0.2, 0) is 0 Å². The number of hydrogen-bond acceptors (Lipinski definition) is 6. The first-order valence-corrected chi connectivity index (χ1v) is 9.77. The lowest BCUT2D eigenvalue weighted by molar-refractivity contribution is 0.136. The van der Waals surface area contributed by atoms with Gasteiger partial charge in [0.05, 0.1) is 12.2 Å². The van der Waals surface area contributed by atoms with Crippen LogP contribution < -0.4 is 15.1 Å². The average Bonchev–Trinajstić information content (AvgIpc) is 3.18. The SMILES string of the molecule is Cc1c(-c2cc3ccc(OC4CCOc5ccccc54)cc3o2)oc(=O)c(C)c1O. The lowest BCUT2D eigenvalue weighted by Crippen LogP contribution is -2.18. The van der Waals surface area contributed by atoms with Crippen molar-refractivity contribution in [2.75, 3.05) is 6.61 Å². The van der Waals surface area contributed by atoms with Crippen molar-refractivity contribution >= 4 is 11.0 Å². The van der Waals surface area contributed by atoms with E-state index < -0.39 is 5.63 Å². The molecule has 0 spiro atoms. The van der Waals surface area contributed by atoms with E-state index in [0.29, 0.717) is 29.3 Å². The molecule has 2 aromatic carbocycles. The van der Waals surface area contributed by atoms with E-state index in [1.165, 1.54) is 6.92 Å². The number of rotatable bonds is 3. The molecule has 0 aliphatic carbocycles. The number of hydrogen-bond donors (Lipinski definition) is 1. The van der Waals surface area contributed by atoms with Crippen molar-refractivity contribution in [3.05, 3.63) is 75.6 Å². The van der Waals surface area contributed by atoms with Crippen molar-refractivity contribution in [1.82, 2.24) is 0 Å². The van der Waals surface area contributed by atoms with Crippen molar-refractivity contribution in [2.45, 2.75) is 26.4 Å². The number of ether oxygens (including phenoxy) is 2. The molecular weight excluding hydrogens is 384 g/mol. The molecule has 1 aliphatic rings. The Hall–Kier alpha value is -3.67. The maximum atomic E-state index is 12.0. The second-order valence-corrected chi connectivity index (χ2v) is 7.41. The minimum atomic E-state index is -0.587. The van der Waals surface area contributed by atoms with Gasteiger partial charge in [0.1, 0.15) is 28.9 Å². The number of aromatic hydroxyl groups is 1. The molecule has 0 radical (unpaired) electrons. The monoisotopic (exact) mass is 404 g/mol. The van der Waals surface area contributed by atoms with Crippen LogP contribution in [0.15, 0.2) is 62.2 Å². The van der Waals surface area contributed by atoms with Gasteiger partial charge >= 0.3 is 5.63 Å². The van der Waals surface area contributed by atoms with E-state index in [4.69, 9.17) is 18.3 Å². The van der Waals surface area contributed by atoms with Crippen LogP contribution in [0.3, 0.4) is 0 Å². The van der Waals surface area contributed by atoms with Gasteiger partial charge in [0.25, 0.3) is 0 Å². The molecule has 1 N–H and O–H groups in total. The highest BCUT2D eigenvalue weighted by Gasteiger charge is 2.23. The molecule has 4 aromatic rings. The van der Waals surface area contributed by atoms with Crippen LogP contribution in [-0.4, -0.2) is 11.7 Å². The summed E-state index contributed by atoms with van der Waals surface area (Å²) in [6, 6.07) is 15.2. The molecule has 0 saturated heterocycles. The lowest BCUT2D eigenvalue weighted by atomic mass is 10.0. The zero-order valence-electron chi connectivity index (χ0n) is 16.6. The molecule has 6 heteroatoms. The minimum Gasteiger partial charge on any atom is -0.507 e. The van der Waals surface area contributed by atoms with Crippen LogP contribution >= 0.6 is 0 Å². The fourth-order valence-electron chi connectivity index (χ4n) is 3.76. The maximum absolute atomic E-state index is 12.0. The van der Waals surface area contributed by atoms with Gasteiger partial charge < -0.3 is 23.4 Å². The van der Waals surface area contributed by atoms with Gasteiger partial charge in [0.2, 0.25) is 0 Å². The van der Waals surface area contributed by atoms with Crippen molar-refractivity contribution in [3.63, 3.8) is 0 Å². The fourth-order valence-corrected chi connectivity index (χ4v) is 3.76. The van der Waals surface area contributed by atoms with Crippen LogP contribution in [0.25, 0.3) is 22.5 Å². The van der Waals surface area contributed by atoms with E-state index in [-0.39, 0.29) is 23.2 Å². The van der Waals surface area contributed by atoms with Crippen LogP contribution in [0.4, 0.5) is 0 Å². The molecule has 1 atom stereocenters. The molecule has 6 nitrogen and oxygen atoms in total. The third-order valence-corrected chi connectivity index (χ3v) is 5.45. The Morgan fingerprint density at radius 3 is 2.73 bits per heavy atom. The molecule has 1 aliphatic heterocycles. The predicted octanol–water partition coefficient (Wildman–Crippen LogP) is 5.28. The highest BCUT2D eigenvalue weighted by Crippen LogP contribution is 2.38. The number of benzene rings is 2. The molecule has 0 fully saturated rings. The van der Waals surface area contributed by atoms with E-state index >= 15 is 0 Å². The molecule has 2 aromatic heterocycles. The second kappa shape index (κ2) is 6.99. The normalized spacial score (nSPS) is 15.6. The van der Waals surface area contributed by atoms with Gasteiger partial charge in [0.15, 0.2) is 11.5 Å². The van der Waals surface area contributed by atoms with E-state index in [2.05, 4.69) is 0 Å². The summed E-state index contributed by atoms with van der Waals surface area (Å²) in [6.07, 6.45) is 0.655. The Balaban J connectivity index is 1.50. The van der Waals surface area contributed by atoms with E-state index in [9.17, 15) is 9.90 Å². The topological polar surface area (TPSA) is 82.0 Å². The van der Waals surface area contributed by atoms with Gasteiger partial charge in [-0.1, -0.05) is 18.2 Å². The molecule has 3 heterocycles. The molecule has 30 heavy (non-hydrogen) atoms. The van der Waals surface area contributed by atoms with Gasteiger partial charge in [-0.25, -0.2) is 4.79 Å². The lowest BCUT2D eigenvalue weighted by Gasteiger charge is -2.26. The van der Waals surface area contributed by atoms with Gasteiger partial charge in [-0.05, 0) is 38.1 Å². The fraction of sp³-hybridized carbons (Fsp3) is 0.208. The summed E-state index contributed by atoms with van der Waals surface area (Å²) in [5.41, 5.74) is 1.68. The first kappa shape index (κ1) is 18.4. The van der Waals surface area contributed by atoms with Crippen molar-refractivity contribution < 1.29 is 23.4 Å². The van der Waals surface area contributed by atoms with E-state index in [1.807, 2.05) is 42.5 Å². The second-order valence-electron chi connectivity index (χ2n) is 7.41. The van der Waals surface area contributed by atoms with Crippen LogP contribution in [0.1, 0.15) is 29.2 Å². The quantitative estimate of drug-likeness (QED) is 0.500. The molecule has 1 unspecified atom stereocenters. The highest BCUT2D eigenvalue weighted by atomic mass is 16.5. The Morgan fingerprint density at radius 2 is 1.87 bits per heavy atom. The molecule has 0 bridgehead atoms. The molecular formula is C24H20O6. The first-order valence-electron chi connectivity index (χ1n) is 9.77. The van der Waals surface area contributed by atoms with Crippen LogP contribution in [0.5, 0.6) is 17.2 Å². The van der Waals surface area contributed by atoms with Gasteiger partial charge in [-0.15, -0.1) is 0 Å². The predicted molar refractivity (Wildman–Crippen MR) is 111 cm³/mol. The first-order chi connectivity index (χ1) is 14.5. The van der Waals surface area contributed by atoms with Crippen LogP contribution in [0.2, 0.25) is 0 Å². The summed E-state index contributed by atoms with van der Waals surface area (Å²) in [5, 5.41) is 11.0. The number of para-hydroxylation sites is 1. The summed E-state index contributed by atoms with van der Waals surface area (Å²) in [6.45, 7) is 3.81. The summed E-state index contributed by atoms with van der Waals surface area (Å²) >= 11 is 0. The smallest absolute Gasteiger partial charge is 0.343 e. The summed E-state index contributed by atoms with van der Waals surface area (Å²) in [5.74, 6) is 2.04. The maximum Gasteiger partial charge on any atom is 0.343 e. The third kappa shape index (κ3) is 3.01. The molecule has 0 amide bonds. The Kier molecular flexibility index (Phi) is 4.28. The number of furan rings is 1. The largest absolute Gasteiger partial charge is 0.507 e. The summed E-state index contributed by atoms with van der Waals surface area (Å²) < 4.78 is 23.2. The highest BCUT2D eigenvalue weighted by molar-refractivity contribution is 5.83. The number of fused-ring (bicyclic) bond motifs is 2. The zero-order chi connectivity index (χ0) is 20.8. The van der Waals surface area contributed by atoms with Crippen LogP contribution in [0, 0.1) is 13.8 Å². The van der Waals surface area contributed by atoms with Gasteiger partial charge in [0, 0.05) is 29.0 Å². The van der Waals surface area contributed by atoms with E-state index in [1.54, 1.807) is 13.0 Å². The van der Waals surface area contributed by atoms with Crippen molar-refractivity contribution in [1.29, 1.82) is 0 Å². The summed E-state index contributed by atoms with van der Waals surface area (Å²) in [7, 11) is 0. The minimum absolute atomic E-state index is 0.0797. The average molecular weight is 404 g/mol. The Bertz CT molecular complexity index is 1310. The van der Waals surface area contributed by atoms with Gasteiger partial charge in [-0.2, -0.15) is 0 Å². The van der Waals surface area contributed by atoms with E-state index in [0.717, 1.165) is 23.1 Å². The Morgan fingerprint density at radius 1 is 1.03 bits per heavy atom. The van der Waals surface area contributed by atoms with Gasteiger partial charge in [-0.3, -0.25) is 0 Å².